The molecule has 1 N–H and O–H groups in total. The van der Waals surface area contributed by atoms with Gasteiger partial charge in [0.25, 0.3) is 0 Å². The SMILES string of the molecule is Cc1cc(F)ccc1CCNc1ncc(Cl)cc1Br. The van der Waals surface area contributed by atoms with Gasteiger partial charge in [0.15, 0.2) is 0 Å². The van der Waals surface area contributed by atoms with Crippen LogP contribution in [0.15, 0.2) is 34.9 Å². The van der Waals surface area contributed by atoms with Crippen LogP contribution < -0.4 is 5.32 Å². The standard InChI is InChI=1S/C14H13BrClFN2/c1-9-6-12(17)3-2-10(9)4-5-18-14-13(15)7-11(16)8-19-14/h2-3,6-8H,4-5H2,1H3,(H,18,19). The molecular weight excluding hydrogens is 331 g/mol. The van der Waals surface area contributed by atoms with E-state index in [4.69, 9.17) is 11.6 Å². The molecule has 0 saturated heterocycles. The molecule has 2 rings (SSSR count). The summed E-state index contributed by atoms with van der Waals surface area (Å²) in [6.07, 6.45) is 2.40. The van der Waals surface area contributed by atoms with Crippen LogP contribution in [-0.2, 0) is 6.42 Å². The molecule has 1 heterocycles. The second-order valence-corrected chi connectivity index (χ2v) is 5.52. The van der Waals surface area contributed by atoms with Gasteiger partial charge in [-0.2, -0.15) is 0 Å². The van der Waals surface area contributed by atoms with Crippen LogP contribution in [0.5, 0.6) is 0 Å². The molecule has 0 aliphatic rings. The van der Waals surface area contributed by atoms with Crippen molar-refractivity contribution in [2.75, 3.05) is 11.9 Å². The minimum Gasteiger partial charge on any atom is -0.369 e. The summed E-state index contributed by atoms with van der Waals surface area (Å²) in [5.41, 5.74) is 2.09. The zero-order valence-corrected chi connectivity index (χ0v) is 12.7. The van der Waals surface area contributed by atoms with Crippen LogP contribution >= 0.6 is 27.5 Å². The van der Waals surface area contributed by atoms with Gasteiger partial charge in [-0.3, -0.25) is 0 Å². The average Bonchev–Trinajstić information content (AvgIpc) is 2.34. The maximum absolute atomic E-state index is 13.0. The summed E-state index contributed by atoms with van der Waals surface area (Å²) < 4.78 is 13.8. The Kier molecular flexibility index (Phi) is 4.77. The zero-order valence-electron chi connectivity index (χ0n) is 10.4. The molecule has 0 aliphatic heterocycles. The van der Waals surface area contributed by atoms with Gasteiger partial charge >= 0.3 is 0 Å². The van der Waals surface area contributed by atoms with Crippen molar-refractivity contribution in [1.82, 2.24) is 4.98 Å². The molecular formula is C14H13BrClFN2. The van der Waals surface area contributed by atoms with Gasteiger partial charge in [-0.25, -0.2) is 9.37 Å². The number of nitrogens with zero attached hydrogens (tertiary/aromatic N) is 1. The molecule has 19 heavy (non-hydrogen) atoms. The lowest BCUT2D eigenvalue weighted by atomic mass is 10.1. The van der Waals surface area contributed by atoms with Crippen molar-refractivity contribution in [3.63, 3.8) is 0 Å². The Balaban J connectivity index is 1.96. The Morgan fingerprint density at radius 2 is 2.16 bits per heavy atom. The van der Waals surface area contributed by atoms with E-state index < -0.39 is 0 Å². The molecule has 2 aromatic rings. The lowest BCUT2D eigenvalue weighted by molar-refractivity contribution is 0.625. The van der Waals surface area contributed by atoms with Gasteiger partial charge in [0, 0.05) is 12.7 Å². The van der Waals surface area contributed by atoms with Crippen molar-refractivity contribution < 1.29 is 4.39 Å². The van der Waals surface area contributed by atoms with Crippen LogP contribution in [0.1, 0.15) is 11.1 Å². The third-order valence-electron chi connectivity index (χ3n) is 2.80. The van der Waals surface area contributed by atoms with E-state index in [9.17, 15) is 4.39 Å². The first kappa shape index (κ1) is 14.3. The third kappa shape index (κ3) is 3.91. The van der Waals surface area contributed by atoms with Crippen LogP contribution in [-0.4, -0.2) is 11.5 Å². The molecule has 1 aromatic carbocycles. The van der Waals surface area contributed by atoms with Crippen molar-refractivity contribution in [2.45, 2.75) is 13.3 Å². The van der Waals surface area contributed by atoms with Crippen molar-refractivity contribution in [1.29, 1.82) is 0 Å². The van der Waals surface area contributed by atoms with E-state index in [-0.39, 0.29) is 5.82 Å². The van der Waals surface area contributed by atoms with Crippen LogP contribution in [0.3, 0.4) is 0 Å². The van der Waals surface area contributed by atoms with Gasteiger partial charge in [0.2, 0.25) is 0 Å². The molecule has 0 atom stereocenters. The molecule has 100 valence electrons. The highest BCUT2D eigenvalue weighted by molar-refractivity contribution is 9.10. The summed E-state index contributed by atoms with van der Waals surface area (Å²) in [4.78, 5) is 4.20. The van der Waals surface area contributed by atoms with E-state index in [1.807, 2.05) is 13.0 Å². The fraction of sp³-hybridized carbons (Fsp3) is 0.214. The van der Waals surface area contributed by atoms with Crippen molar-refractivity contribution in [3.05, 3.63) is 56.9 Å². The maximum atomic E-state index is 13.0. The van der Waals surface area contributed by atoms with E-state index in [1.165, 1.54) is 6.07 Å². The smallest absolute Gasteiger partial charge is 0.140 e. The highest BCUT2D eigenvalue weighted by atomic mass is 79.9. The summed E-state index contributed by atoms with van der Waals surface area (Å²) in [6, 6.07) is 6.64. The van der Waals surface area contributed by atoms with Crippen molar-refractivity contribution in [3.8, 4) is 0 Å². The third-order valence-corrected chi connectivity index (χ3v) is 3.61. The molecule has 0 bridgehead atoms. The number of benzene rings is 1. The Hall–Kier alpha value is -1.13. The normalized spacial score (nSPS) is 10.5. The highest BCUT2D eigenvalue weighted by Gasteiger charge is 2.03. The first-order chi connectivity index (χ1) is 9.06. The largest absolute Gasteiger partial charge is 0.369 e. The Labute approximate surface area is 125 Å². The number of rotatable bonds is 4. The second-order valence-electron chi connectivity index (χ2n) is 4.23. The van der Waals surface area contributed by atoms with Crippen molar-refractivity contribution >= 4 is 33.3 Å². The minimum atomic E-state index is -0.198. The minimum absolute atomic E-state index is 0.198. The number of pyridine rings is 1. The molecule has 0 saturated carbocycles. The average molecular weight is 344 g/mol. The predicted octanol–water partition coefficient (Wildman–Crippen LogP) is 4.60. The van der Waals surface area contributed by atoms with Crippen LogP contribution in [0.4, 0.5) is 10.2 Å². The molecule has 5 heteroatoms. The molecule has 0 radical (unpaired) electrons. The maximum Gasteiger partial charge on any atom is 0.140 e. The summed E-state index contributed by atoms with van der Waals surface area (Å²) in [7, 11) is 0. The summed E-state index contributed by atoms with van der Waals surface area (Å²) >= 11 is 9.23. The number of anilines is 1. The quantitative estimate of drug-likeness (QED) is 0.877. The summed E-state index contributed by atoms with van der Waals surface area (Å²) in [6.45, 7) is 2.63. The van der Waals surface area contributed by atoms with Gasteiger partial charge in [-0.15, -0.1) is 0 Å². The molecule has 0 aliphatic carbocycles. The number of hydrogen-bond acceptors (Lipinski definition) is 2. The number of aromatic nitrogens is 1. The fourth-order valence-corrected chi connectivity index (χ4v) is 2.58. The first-order valence-electron chi connectivity index (χ1n) is 5.86. The van der Waals surface area contributed by atoms with Gasteiger partial charge in [-0.1, -0.05) is 17.7 Å². The zero-order chi connectivity index (χ0) is 13.8. The first-order valence-corrected chi connectivity index (χ1v) is 7.03. The monoisotopic (exact) mass is 342 g/mol. The Bertz CT molecular complexity index is 538. The van der Waals surface area contributed by atoms with Crippen LogP contribution in [0.2, 0.25) is 5.02 Å². The molecule has 0 spiro atoms. The summed E-state index contributed by atoms with van der Waals surface area (Å²) in [5, 5.41) is 3.81. The van der Waals surface area contributed by atoms with E-state index in [2.05, 4.69) is 26.2 Å². The van der Waals surface area contributed by atoms with Gasteiger partial charge in [0.05, 0.1) is 9.50 Å². The van der Waals surface area contributed by atoms with Crippen LogP contribution in [0, 0.1) is 12.7 Å². The number of aryl methyl sites for hydroxylation is 1. The number of hydrogen-bond donors (Lipinski definition) is 1. The molecule has 2 nitrogen and oxygen atoms in total. The number of halogens is 3. The molecule has 0 unspecified atom stereocenters. The lowest BCUT2D eigenvalue weighted by Crippen LogP contribution is -2.07. The van der Waals surface area contributed by atoms with Crippen LogP contribution in [0.25, 0.3) is 0 Å². The number of nitrogens with one attached hydrogen (secondary N) is 1. The van der Waals surface area contributed by atoms with Crippen molar-refractivity contribution in [2.24, 2.45) is 0 Å². The van der Waals surface area contributed by atoms with E-state index in [0.717, 1.165) is 34.4 Å². The van der Waals surface area contributed by atoms with E-state index >= 15 is 0 Å². The van der Waals surface area contributed by atoms with E-state index in [0.29, 0.717) is 5.02 Å². The topological polar surface area (TPSA) is 24.9 Å². The second kappa shape index (κ2) is 6.35. The fourth-order valence-electron chi connectivity index (χ4n) is 1.80. The Morgan fingerprint density at radius 1 is 1.37 bits per heavy atom. The highest BCUT2D eigenvalue weighted by Crippen LogP contribution is 2.23. The molecule has 0 amide bonds. The van der Waals surface area contributed by atoms with Gasteiger partial charge in [-0.05, 0) is 58.6 Å². The van der Waals surface area contributed by atoms with E-state index in [1.54, 1.807) is 18.3 Å². The molecule has 1 aromatic heterocycles. The van der Waals surface area contributed by atoms with Gasteiger partial charge < -0.3 is 5.32 Å². The van der Waals surface area contributed by atoms with Gasteiger partial charge in [0.1, 0.15) is 11.6 Å². The summed E-state index contributed by atoms with van der Waals surface area (Å²) in [5.74, 6) is 0.556. The predicted molar refractivity (Wildman–Crippen MR) is 80.3 cm³/mol. The Morgan fingerprint density at radius 3 is 2.84 bits per heavy atom. The lowest BCUT2D eigenvalue weighted by Gasteiger charge is -2.09. The molecule has 0 fully saturated rings.